The minimum absolute atomic E-state index is 0.0839. The van der Waals surface area contributed by atoms with E-state index in [0.717, 1.165) is 12.8 Å². The third kappa shape index (κ3) is 4.51. The second kappa shape index (κ2) is 8.68. The van der Waals surface area contributed by atoms with Gasteiger partial charge in [-0.15, -0.1) is 0 Å². The molecular formula is C21H27FN4O4S. The molecule has 0 radical (unpaired) electrons. The second-order valence-electron chi connectivity index (χ2n) is 8.02. The molecule has 1 aromatic heterocycles. The molecule has 1 saturated heterocycles. The van der Waals surface area contributed by atoms with Crippen LogP contribution >= 0.6 is 0 Å². The van der Waals surface area contributed by atoms with Gasteiger partial charge in [0.15, 0.2) is 0 Å². The van der Waals surface area contributed by atoms with Gasteiger partial charge in [0, 0.05) is 31.2 Å². The zero-order valence-electron chi connectivity index (χ0n) is 17.8. The molecule has 0 N–H and O–H groups in total. The highest BCUT2D eigenvalue weighted by molar-refractivity contribution is 7.89. The average Bonchev–Trinajstić information content (AvgIpc) is 3.53. The summed E-state index contributed by atoms with van der Waals surface area (Å²) in [5.41, 5.74) is 1.26. The van der Waals surface area contributed by atoms with Crippen molar-refractivity contribution in [1.82, 2.24) is 19.0 Å². The number of amides is 1. The molecule has 0 bridgehead atoms. The van der Waals surface area contributed by atoms with E-state index in [2.05, 4.69) is 5.10 Å². The highest BCUT2D eigenvalue weighted by Gasteiger charge is 2.35. The molecule has 8 nitrogen and oxygen atoms in total. The lowest BCUT2D eigenvalue weighted by molar-refractivity contribution is -0.133. The van der Waals surface area contributed by atoms with Crippen molar-refractivity contribution in [3.63, 3.8) is 0 Å². The van der Waals surface area contributed by atoms with Crippen LogP contribution in [0, 0.1) is 19.7 Å². The minimum Gasteiger partial charge on any atom is -0.379 e. The minimum atomic E-state index is -3.72. The van der Waals surface area contributed by atoms with Crippen LogP contribution in [0.3, 0.4) is 0 Å². The van der Waals surface area contributed by atoms with Gasteiger partial charge in [0.1, 0.15) is 17.3 Å². The summed E-state index contributed by atoms with van der Waals surface area (Å²) < 4.78 is 48.5. The van der Waals surface area contributed by atoms with Gasteiger partial charge >= 0.3 is 0 Å². The van der Waals surface area contributed by atoms with E-state index in [1.165, 1.54) is 15.1 Å². The number of carbonyl (C=O) groups excluding carboxylic acids is 1. The molecule has 2 aliphatic rings. The molecule has 168 valence electrons. The Kier molecular flexibility index (Phi) is 6.14. The van der Waals surface area contributed by atoms with Crippen molar-refractivity contribution in [2.45, 2.75) is 50.7 Å². The topological polar surface area (TPSA) is 84.7 Å². The molecule has 31 heavy (non-hydrogen) atoms. The summed E-state index contributed by atoms with van der Waals surface area (Å²) in [6, 6.07) is 6.51. The van der Waals surface area contributed by atoms with Gasteiger partial charge in [0.25, 0.3) is 0 Å². The molecule has 2 heterocycles. The van der Waals surface area contributed by atoms with E-state index in [1.807, 2.05) is 0 Å². The number of hydrogen-bond donors (Lipinski definition) is 0. The number of nitrogens with zero attached hydrogens (tertiary/aromatic N) is 4. The first kappa shape index (κ1) is 21.9. The van der Waals surface area contributed by atoms with Crippen LogP contribution in [0.5, 0.6) is 0 Å². The first-order valence-corrected chi connectivity index (χ1v) is 11.9. The van der Waals surface area contributed by atoms with Gasteiger partial charge in [-0.3, -0.25) is 9.48 Å². The van der Waals surface area contributed by atoms with Gasteiger partial charge < -0.3 is 9.64 Å². The fourth-order valence-electron chi connectivity index (χ4n) is 3.96. The molecule has 1 amide bonds. The highest BCUT2D eigenvalue weighted by atomic mass is 32.2. The molecule has 4 rings (SSSR count). The van der Waals surface area contributed by atoms with Crippen LogP contribution in [0.2, 0.25) is 0 Å². The normalized spacial score (nSPS) is 17.6. The summed E-state index contributed by atoms with van der Waals surface area (Å²) in [5.74, 6) is -0.544. The van der Waals surface area contributed by atoms with Crippen molar-refractivity contribution in [2.24, 2.45) is 0 Å². The number of sulfonamides is 1. The molecule has 1 aliphatic carbocycles. The van der Waals surface area contributed by atoms with Crippen molar-refractivity contribution < 1.29 is 22.3 Å². The number of morpholine rings is 1. The summed E-state index contributed by atoms with van der Waals surface area (Å²) in [5, 5.41) is 4.36. The van der Waals surface area contributed by atoms with Crippen LogP contribution in [-0.4, -0.2) is 65.7 Å². The van der Waals surface area contributed by atoms with Gasteiger partial charge in [-0.25, -0.2) is 12.8 Å². The average molecular weight is 451 g/mol. The Hall–Kier alpha value is -2.30. The van der Waals surface area contributed by atoms with E-state index in [4.69, 9.17) is 4.74 Å². The van der Waals surface area contributed by atoms with Gasteiger partial charge in [-0.2, -0.15) is 9.40 Å². The van der Waals surface area contributed by atoms with Crippen molar-refractivity contribution in [3.05, 3.63) is 47.0 Å². The molecular weight excluding hydrogens is 423 g/mol. The predicted molar refractivity (Wildman–Crippen MR) is 111 cm³/mol. The summed E-state index contributed by atoms with van der Waals surface area (Å²) in [4.78, 5) is 14.9. The van der Waals surface area contributed by atoms with Gasteiger partial charge in [-0.05, 0) is 32.8 Å². The number of ether oxygens (including phenoxy) is 1. The largest absolute Gasteiger partial charge is 0.379 e. The van der Waals surface area contributed by atoms with Crippen molar-refractivity contribution >= 4 is 15.9 Å². The van der Waals surface area contributed by atoms with E-state index in [0.29, 0.717) is 43.3 Å². The fourth-order valence-corrected chi connectivity index (χ4v) is 5.74. The molecule has 1 saturated carbocycles. The number of rotatable bonds is 7. The van der Waals surface area contributed by atoms with E-state index in [-0.39, 0.29) is 35.8 Å². The number of carbonyl (C=O) groups is 1. The number of hydrogen-bond acceptors (Lipinski definition) is 5. The molecule has 0 spiro atoms. The zero-order valence-corrected chi connectivity index (χ0v) is 18.6. The summed E-state index contributed by atoms with van der Waals surface area (Å²) in [7, 11) is -3.72. The second-order valence-corrected chi connectivity index (χ2v) is 9.89. The number of halogens is 1. The Labute approximate surface area is 181 Å². The van der Waals surface area contributed by atoms with Crippen LogP contribution in [0.15, 0.2) is 29.2 Å². The SMILES string of the molecule is Cc1nn(CC(=O)N(Cc2ccccc2F)C2CC2)c(C)c1S(=O)(=O)N1CCOCC1. The molecule has 2 fully saturated rings. The predicted octanol–water partition coefficient (Wildman–Crippen LogP) is 1.85. The Morgan fingerprint density at radius 2 is 1.90 bits per heavy atom. The molecule has 1 aliphatic heterocycles. The standard InChI is InChI=1S/C21H27FN4O4S/c1-15-21(31(28,29)24-9-11-30-12-10-24)16(2)26(23-15)14-20(27)25(18-7-8-18)13-17-5-3-4-6-19(17)22/h3-6,18H,7-14H2,1-2H3. The van der Waals surface area contributed by atoms with Gasteiger partial charge in [0.05, 0.1) is 24.6 Å². The summed E-state index contributed by atoms with van der Waals surface area (Å²) >= 11 is 0. The molecule has 2 aromatic rings. The van der Waals surface area contributed by atoms with E-state index in [9.17, 15) is 17.6 Å². The van der Waals surface area contributed by atoms with Crippen LogP contribution in [0.1, 0.15) is 29.8 Å². The Morgan fingerprint density at radius 1 is 1.23 bits per heavy atom. The molecule has 0 unspecified atom stereocenters. The highest BCUT2D eigenvalue weighted by Crippen LogP contribution is 2.30. The fraction of sp³-hybridized carbons (Fsp3) is 0.524. The lowest BCUT2D eigenvalue weighted by atomic mass is 10.2. The maximum atomic E-state index is 14.1. The van der Waals surface area contributed by atoms with Crippen molar-refractivity contribution in [2.75, 3.05) is 26.3 Å². The van der Waals surface area contributed by atoms with Gasteiger partial charge in [-0.1, -0.05) is 18.2 Å². The smallest absolute Gasteiger partial charge is 0.246 e. The third-order valence-electron chi connectivity index (χ3n) is 5.77. The molecule has 10 heteroatoms. The maximum absolute atomic E-state index is 14.1. The monoisotopic (exact) mass is 450 g/mol. The first-order chi connectivity index (χ1) is 14.8. The molecule has 1 aromatic carbocycles. The van der Waals surface area contributed by atoms with Gasteiger partial charge in [0.2, 0.25) is 15.9 Å². The van der Waals surface area contributed by atoms with Crippen LogP contribution in [0.25, 0.3) is 0 Å². The van der Waals surface area contributed by atoms with E-state index >= 15 is 0 Å². The Bertz CT molecular complexity index is 1080. The van der Waals surface area contributed by atoms with Crippen LogP contribution in [0.4, 0.5) is 4.39 Å². The van der Waals surface area contributed by atoms with Crippen molar-refractivity contribution in [3.8, 4) is 0 Å². The van der Waals surface area contributed by atoms with E-state index < -0.39 is 10.0 Å². The first-order valence-electron chi connectivity index (χ1n) is 10.4. The molecule has 0 atom stereocenters. The van der Waals surface area contributed by atoms with E-state index in [1.54, 1.807) is 36.9 Å². The van der Waals surface area contributed by atoms with Crippen LogP contribution in [-0.2, 0) is 32.6 Å². The Morgan fingerprint density at radius 3 is 2.55 bits per heavy atom. The van der Waals surface area contributed by atoms with Crippen LogP contribution < -0.4 is 0 Å². The lowest BCUT2D eigenvalue weighted by Gasteiger charge is -2.26. The zero-order chi connectivity index (χ0) is 22.2. The maximum Gasteiger partial charge on any atom is 0.246 e. The number of benzene rings is 1. The summed E-state index contributed by atoms with van der Waals surface area (Å²) in [6.07, 6.45) is 1.77. The summed E-state index contributed by atoms with van der Waals surface area (Å²) in [6.45, 7) is 4.71. The Balaban J connectivity index is 1.55. The quantitative estimate of drug-likeness (QED) is 0.643. The third-order valence-corrected chi connectivity index (χ3v) is 7.93. The number of aryl methyl sites for hydroxylation is 1. The lowest BCUT2D eigenvalue weighted by Crippen LogP contribution is -2.41. The number of aromatic nitrogens is 2. The van der Waals surface area contributed by atoms with Crippen molar-refractivity contribution in [1.29, 1.82) is 0 Å².